The molecule has 0 saturated heterocycles. The molecule has 7 heteroatoms. The molecule has 0 fully saturated rings. The van der Waals surface area contributed by atoms with E-state index >= 15 is 0 Å². The molecule has 0 bridgehead atoms. The topological polar surface area (TPSA) is 92.9 Å². The van der Waals surface area contributed by atoms with E-state index in [1.54, 1.807) is 12.1 Å². The lowest BCUT2D eigenvalue weighted by Gasteiger charge is -2.13. The summed E-state index contributed by atoms with van der Waals surface area (Å²) in [5.74, 6) is 1.07. The van der Waals surface area contributed by atoms with Gasteiger partial charge in [-0.25, -0.2) is 0 Å². The van der Waals surface area contributed by atoms with Crippen LogP contribution in [0.5, 0.6) is 0 Å². The minimum absolute atomic E-state index is 0.209. The zero-order valence-corrected chi connectivity index (χ0v) is 12.6. The summed E-state index contributed by atoms with van der Waals surface area (Å²) in [5.41, 5.74) is 1.93. The number of carbonyl (C=O) groups excluding carboxylic acids is 1. The van der Waals surface area contributed by atoms with E-state index in [0.717, 1.165) is 17.8 Å². The second kappa shape index (κ2) is 6.34. The first kappa shape index (κ1) is 15.0. The van der Waals surface area contributed by atoms with Crippen LogP contribution in [0.1, 0.15) is 47.4 Å². The van der Waals surface area contributed by atoms with Gasteiger partial charge in [-0.3, -0.25) is 4.79 Å². The monoisotopic (exact) mass is 289 g/mol. The number of amides is 1. The first-order chi connectivity index (χ1) is 10.0. The number of rotatable bonds is 5. The Hall–Kier alpha value is -2.44. The summed E-state index contributed by atoms with van der Waals surface area (Å²) in [6.45, 7) is 8.27. The summed E-state index contributed by atoms with van der Waals surface area (Å²) in [5, 5.41) is 17.6. The fraction of sp³-hybridized carbons (Fsp3) is 0.429. The summed E-state index contributed by atoms with van der Waals surface area (Å²) >= 11 is 0. The second-order valence-electron chi connectivity index (χ2n) is 4.77. The fourth-order valence-corrected chi connectivity index (χ4v) is 2.18. The molecular formula is C14H19N5O2. The SMILES string of the molecule is CCNc1ccc(C(=O)NC(C)c2c(C)noc2C)nn1. The minimum Gasteiger partial charge on any atom is -0.369 e. The molecule has 0 aliphatic rings. The average molecular weight is 289 g/mol. The van der Waals surface area contributed by atoms with Crippen molar-refractivity contribution in [1.29, 1.82) is 0 Å². The molecule has 2 aromatic rings. The van der Waals surface area contributed by atoms with E-state index in [1.165, 1.54) is 0 Å². The summed E-state index contributed by atoms with van der Waals surface area (Å²) in [7, 11) is 0. The highest BCUT2D eigenvalue weighted by Crippen LogP contribution is 2.21. The number of aromatic nitrogens is 3. The zero-order chi connectivity index (χ0) is 15.4. The van der Waals surface area contributed by atoms with Crippen molar-refractivity contribution in [2.75, 3.05) is 11.9 Å². The molecule has 2 N–H and O–H groups in total. The average Bonchev–Trinajstić information content (AvgIpc) is 2.79. The van der Waals surface area contributed by atoms with Crippen molar-refractivity contribution in [2.45, 2.75) is 33.7 Å². The van der Waals surface area contributed by atoms with Gasteiger partial charge in [-0.2, -0.15) is 0 Å². The summed E-state index contributed by atoms with van der Waals surface area (Å²) < 4.78 is 5.11. The predicted molar refractivity (Wildman–Crippen MR) is 78.1 cm³/mol. The van der Waals surface area contributed by atoms with Crippen molar-refractivity contribution in [2.24, 2.45) is 0 Å². The van der Waals surface area contributed by atoms with Gasteiger partial charge in [-0.1, -0.05) is 5.16 Å². The summed E-state index contributed by atoms with van der Waals surface area (Å²) in [6.07, 6.45) is 0. The number of nitrogens with one attached hydrogen (secondary N) is 2. The van der Waals surface area contributed by atoms with Crippen molar-refractivity contribution in [3.8, 4) is 0 Å². The first-order valence-electron chi connectivity index (χ1n) is 6.84. The van der Waals surface area contributed by atoms with E-state index in [1.807, 2.05) is 27.7 Å². The highest BCUT2D eigenvalue weighted by molar-refractivity contribution is 5.92. The van der Waals surface area contributed by atoms with Crippen LogP contribution in [-0.4, -0.2) is 27.8 Å². The normalized spacial score (nSPS) is 12.0. The quantitative estimate of drug-likeness (QED) is 0.874. The maximum Gasteiger partial charge on any atom is 0.272 e. The van der Waals surface area contributed by atoms with Crippen LogP contribution < -0.4 is 10.6 Å². The second-order valence-corrected chi connectivity index (χ2v) is 4.77. The maximum atomic E-state index is 12.2. The van der Waals surface area contributed by atoms with Gasteiger partial charge in [-0.15, -0.1) is 10.2 Å². The van der Waals surface area contributed by atoms with Crippen molar-refractivity contribution in [1.82, 2.24) is 20.7 Å². The molecule has 1 amide bonds. The lowest BCUT2D eigenvalue weighted by molar-refractivity contribution is 0.0933. The number of hydrogen-bond acceptors (Lipinski definition) is 6. The third kappa shape index (κ3) is 3.36. The number of hydrogen-bond donors (Lipinski definition) is 2. The molecule has 0 aliphatic carbocycles. The molecule has 2 rings (SSSR count). The predicted octanol–water partition coefficient (Wildman–Crippen LogP) is 2.00. The minimum atomic E-state index is -0.280. The van der Waals surface area contributed by atoms with E-state index in [0.29, 0.717) is 11.6 Å². The van der Waals surface area contributed by atoms with E-state index in [4.69, 9.17) is 4.52 Å². The third-order valence-corrected chi connectivity index (χ3v) is 3.12. The molecule has 2 aromatic heterocycles. The van der Waals surface area contributed by atoms with E-state index in [9.17, 15) is 4.79 Å². The molecule has 112 valence electrons. The van der Waals surface area contributed by atoms with Gasteiger partial charge in [0.1, 0.15) is 11.6 Å². The van der Waals surface area contributed by atoms with E-state index in [-0.39, 0.29) is 17.6 Å². The molecule has 21 heavy (non-hydrogen) atoms. The van der Waals surface area contributed by atoms with Gasteiger partial charge in [0.05, 0.1) is 11.7 Å². The highest BCUT2D eigenvalue weighted by Gasteiger charge is 2.19. The van der Waals surface area contributed by atoms with Crippen molar-refractivity contribution < 1.29 is 9.32 Å². The van der Waals surface area contributed by atoms with Crippen LogP contribution in [0, 0.1) is 13.8 Å². The Balaban J connectivity index is 2.07. The Morgan fingerprint density at radius 3 is 2.62 bits per heavy atom. The molecule has 0 aliphatic heterocycles. The van der Waals surface area contributed by atoms with Crippen molar-refractivity contribution in [3.63, 3.8) is 0 Å². The zero-order valence-electron chi connectivity index (χ0n) is 12.6. The van der Waals surface area contributed by atoms with Crippen molar-refractivity contribution in [3.05, 3.63) is 34.8 Å². The Morgan fingerprint density at radius 1 is 1.33 bits per heavy atom. The Bertz CT molecular complexity index is 601. The standard InChI is InChI=1S/C14H19N5O2/c1-5-15-12-7-6-11(17-18-12)14(20)16-8(2)13-9(3)19-21-10(13)4/h6-8H,5H2,1-4H3,(H,15,18)(H,16,20). The lowest BCUT2D eigenvalue weighted by Crippen LogP contribution is -2.28. The van der Waals surface area contributed by atoms with Crippen LogP contribution in [-0.2, 0) is 0 Å². The molecule has 0 spiro atoms. The number of nitrogens with zero attached hydrogens (tertiary/aromatic N) is 3. The molecule has 2 heterocycles. The van der Waals surface area contributed by atoms with Gasteiger partial charge < -0.3 is 15.2 Å². The molecule has 0 saturated carbocycles. The van der Waals surface area contributed by atoms with Gasteiger partial charge in [-0.05, 0) is 39.8 Å². The first-order valence-corrected chi connectivity index (χ1v) is 6.84. The van der Waals surface area contributed by atoms with Crippen LogP contribution in [0.3, 0.4) is 0 Å². The van der Waals surface area contributed by atoms with Crippen LogP contribution in [0.25, 0.3) is 0 Å². The van der Waals surface area contributed by atoms with Crippen LogP contribution in [0.2, 0.25) is 0 Å². The van der Waals surface area contributed by atoms with Gasteiger partial charge in [0.2, 0.25) is 0 Å². The molecule has 7 nitrogen and oxygen atoms in total. The van der Waals surface area contributed by atoms with Crippen LogP contribution in [0.4, 0.5) is 5.82 Å². The number of anilines is 1. The van der Waals surface area contributed by atoms with Gasteiger partial charge in [0.15, 0.2) is 5.69 Å². The molecule has 0 aromatic carbocycles. The largest absolute Gasteiger partial charge is 0.369 e. The molecule has 1 atom stereocenters. The van der Waals surface area contributed by atoms with E-state index in [2.05, 4.69) is 26.0 Å². The molecule has 1 unspecified atom stereocenters. The molecule has 0 radical (unpaired) electrons. The number of aryl methyl sites for hydroxylation is 2. The van der Waals surface area contributed by atoms with Gasteiger partial charge in [0, 0.05) is 12.1 Å². The highest BCUT2D eigenvalue weighted by atomic mass is 16.5. The summed E-state index contributed by atoms with van der Waals surface area (Å²) in [6, 6.07) is 3.16. The Labute approximate surface area is 123 Å². The van der Waals surface area contributed by atoms with Crippen LogP contribution in [0.15, 0.2) is 16.7 Å². The van der Waals surface area contributed by atoms with E-state index < -0.39 is 0 Å². The third-order valence-electron chi connectivity index (χ3n) is 3.12. The fourth-order valence-electron chi connectivity index (χ4n) is 2.18. The summed E-state index contributed by atoms with van der Waals surface area (Å²) in [4.78, 5) is 12.2. The van der Waals surface area contributed by atoms with Gasteiger partial charge in [0.25, 0.3) is 5.91 Å². The van der Waals surface area contributed by atoms with Gasteiger partial charge >= 0.3 is 0 Å². The molecular weight excluding hydrogens is 270 g/mol. The smallest absolute Gasteiger partial charge is 0.272 e. The Morgan fingerprint density at radius 2 is 2.10 bits per heavy atom. The van der Waals surface area contributed by atoms with Crippen LogP contribution >= 0.6 is 0 Å². The Kier molecular flexibility index (Phi) is 4.52. The lowest BCUT2D eigenvalue weighted by atomic mass is 10.1. The van der Waals surface area contributed by atoms with Crippen molar-refractivity contribution >= 4 is 11.7 Å². The number of carbonyl (C=O) groups is 1. The maximum absolute atomic E-state index is 12.2.